The Bertz CT molecular complexity index is 457. The van der Waals surface area contributed by atoms with Crippen LogP contribution in [0, 0.1) is 0 Å². The predicted molar refractivity (Wildman–Crippen MR) is 66.2 cm³/mol. The van der Waals surface area contributed by atoms with Crippen molar-refractivity contribution < 1.29 is 0 Å². The van der Waals surface area contributed by atoms with E-state index in [1.165, 1.54) is 22.3 Å². The second-order valence-corrected chi connectivity index (χ2v) is 4.23. The van der Waals surface area contributed by atoms with Gasteiger partial charge in [-0.05, 0) is 22.3 Å². The van der Waals surface area contributed by atoms with Crippen molar-refractivity contribution in [3.05, 3.63) is 59.7 Å². The molecule has 0 amide bonds. The van der Waals surface area contributed by atoms with Crippen molar-refractivity contribution in [3.8, 4) is 11.1 Å². The van der Waals surface area contributed by atoms with E-state index >= 15 is 0 Å². The van der Waals surface area contributed by atoms with Gasteiger partial charge in [0, 0.05) is 11.7 Å². The van der Waals surface area contributed by atoms with Crippen molar-refractivity contribution in [2.75, 3.05) is 5.75 Å². The molecule has 0 unspecified atom stereocenters. The lowest BCUT2D eigenvalue weighted by Crippen LogP contribution is -1.97. The Morgan fingerprint density at radius 3 is 1.73 bits per heavy atom. The molecule has 0 N–H and O–H groups in total. The van der Waals surface area contributed by atoms with Crippen LogP contribution in [-0.2, 0) is 0 Å². The minimum absolute atomic E-state index is 0.424. The molecule has 0 heterocycles. The van der Waals surface area contributed by atoms with Crippen LogP contribution >= 0.6 is 12.6 Å². The van der Waals surface area contributed by atoms with E-state index in [9.17, 15) is 0 Å². The van der Waals surface area contributed by atoms with E-state index in [1.807, 2.05) is 0 Å². The van der Waals surface area contributed by atoms with Crippen LogP contribution in [0.1, 0.15) is 17.0 Å². The largest absolute Gasteiger partial charge is 0.0931 e. The van der Waals surface area contributed by atoms with Crippen molar-refractivity contribution >= 4 is 12.6 Å². The van der Waals surface area contributed by atoms with Gasteiger partial charge in [0.1, 0.15) is 0 Å². The van der Waals surface area contributed by atoms with Gasteiger partial charge in [0.05, 0.1) is 0 Å². The number of rotatable bonds is 1. The molecule has 0 saturated carbocycles. The van der Waals surface area contributed by atoms with Gasteiger partial charge in [0.15, 0.2) is 0 Å². The molecule has 0 spiro atoms. The van der Waals surface area contributed by atoms with E-state index in [0.717, 1.165) is 5.75 Å². The minimum Gasteiger partial charge on any atom is -0.0931 e. The van der Waals surface area contributed by atoms with Crippen molar-refractivity contribution in [3.63, 3.8) is 0 Å². The second kappa shape index (κ2) is 3.42. The first-order valence-electron chi connectivity index (χ1n) is 5.18. The number of hydrogen-bond donors (Lipinski definition) is 0. The summed E-state index contributed by atoms with van der Waals surface area (Å²) in [5.41, 5.74) is 5.52. The van der Waals surface area contributed by atoms with Crippen LogP contribution in [0.4, 0.5) is 0 Å². The summed E-state index contributed by atoms with van der Waals surface area (Å²) in [6.07, 6.45) is 0. The smallest absolute Gasteiger partial charge is 0.0201 e. The van der Waals surface area contributed by atoms with Gasteiger partial charge in [-0.1, -0.05) is 61.2 Å². The SMILES string of the molecule is [S]CC1c2ccccc2-c2ccccc21. The van der Waals surface area contributed by atoms with Crippen LogP contribution in [0.25, 0.3) is 11.1 Å². The molecule has 1 aliphatic carbocycles. The molecule has 1 aliphatic rings. The third-order valence-corrected chi connectivity index (χ3v) is 3.46. The molecule has 0 bridgehead atoms. The van der Waals surface area contributed by atoms with Crippen molar-refractivity contribution in [2.45, 2.75) is 5.92 Å². The van der Waals surface area contributed by atoms with Gasteiger partial charge in [-0.25, -0.2) is 0 Å². The lowest BCUT2D eigenvalue weighted by atomic mass is 9.99. The Hall–Kier alpha value is -1.21. The van der Waals surface area contributed by atoms with Gasteiger partial charge in [-0.2, -0.15) is 0 Å². The van der Waals surface area contributed by atoms with Gasteiger partial charge in [-0.15, -0.1) is 0 Å². The average Bonchev–Trinajstić information content (AvgIpc) is 2.63. The van der Waals surface area contributed by atoms with Crippen molar-refractivity contribution in [1.82, 2.24) is 0 Å². The Morgan fingerprint density at radius 2 is 1.27 bits per heavy atom. The highest BCUT2D eigenvalue weighted by atomic mass is 32.1. The summed E-state index contributed by atoms with van der Waals surface area (Å²) >= 11 is 5.26. The van der Waals surface area contributed by atoms with E-state index in [2.05, 4.69) is 48.5 Å². The summed E-state index contributed by atoms with van der Waals surface area (Å²) in [5, 5.41) is 0. The predicted octanol–water partition coefficient (Wildman–Crippen LogP) is 4.00. The zero-order valence-electron chi connectivity index (χ0n) is 8.31. The number of fused-ring (bicyclic) bond motifs is 3. The monoisotopic (exact) mass is 211 g/mol. The molecule has 1 heteroatoms. The molecular weight excluding hydrogens is 200 g/mol. The fraction of sp³-hybridized carbons (Fsp3) is 0.143. The van der Waals surface area contributed by atoms with Gasteiger partial charge in [0.2, 0.25) is 0 Å². The molecular formula is C14H11S. The highest BCUT2D eigenvalue weighted by Gasteiger charge is 2.26. The fourth-order valence-electron chi connectivity index (χ4n) is 2.44. The van der Waals surface area contributed by atoms with Crippen LogP contribution in [0.2, 0.25) is 0 Å². The van der Waals surface area contributed by atoms with Crippen LogP contribution in [0.3, 0.4) is 0 Å². The molecule has 0 fully saturated rings. The minimum atomic E-state index is 0.424. The molecule has 0 aromatic heterocycles. The standard InChI is InChI=1S/C14H11S/c15-9-14-12-7-3-1-5-10(12)11-6-2-4-8-13(11)14/h1-8,14H,9H2. The second-order valence-electron chi connectivity index (χ2n) is 3.89. The van der Waals surface area contributed by atoms with E-state index in [1.54, 1.807) is 0 Å². The van der Waals surface area contributed by atoms with Crippen LogP contribution in [0.15, 0.2) is 48.5 Å². The molecule has 1 radical (unpaired) electrons. The van der Waals surface area contributed by atoms with Gasteiger partial charge in [0.25, 0.3) is 0 Å². The van der Waals surface area contributed by atoms with Gasteiger partial charge < -0.3 is 0 Å². The molecule has 0 atom stereocenters. The molecule has 0 aliphatic heterocycles. The normalized spacial score (nSPS) is 13.7. The van der Waals surface area contributed by atoms with Crippen molar-refractivity contribution in [1.29, 1.82) is 0 Å². The highest BCUT2D eigenvalue weighted by Crippen LogP contribution is 2.44. The highest BCUT2D eigenvalue weighted by molar-refractivity contribution is 7.80. The molecule has 2 aromatic carbocycles. The van der Waals surface area contributed by atoms with Gasteiger partial charge in [-0.3, -0.25) is 0 Å². The molecule has 0 nitrogen and oxygen atoms in total. The summed E-state index contributed by atoms with van der Waals surface area (Å²) in [5.74, 6) is 1.20. The summed E-state index contributed by atoms with van der Waals surface area (Å²) < 4.78 is 0. The average molecular weight is 211 g/mol. The zero-order chi connectivity index (χ0) is 10.3. The molecule has 3 rings (SSSR count). The first kappa shape index (κ1) is 9.05. The quantitative estimate of drug-likeness (QED) is 0.669. The summed E-state index contributed by atoms with van der Waals surface area (Å²) in [6, 6.07) is 17.2. The summed E-state index contributed by atoms with van der Waals surface area (Å²) in [4.78, 5) is 0. The summed E-state index contributed by atoms with van der Waals surface area (Å²) in [6.45, 7) is 0. The Balaban J connectivity index is 2.31. The maximum absolute atomic E-state index is 5.26. The van der Waals surface area contributed by atoms with Crippen LogP contribution in [-0.4, -0.2) is 5.75 Å². The van der Waals surface area contributed by atoms with Gasteiger partial charge >= 0.3 is 0 Å². The van der Waals surface area contributed by atoms with Crippen molar-refractivity contribution in [2.24, 2.45) is 0 Å². The Morgan fingerprint density at radius 1 is 0.800 bits per heavy atom. The first-order chi connectivity index (χ1) is 7.42. The maximum atomic E-state index is 5.26. The third kappa shape index (κ3) is 1.23. The third-order valence-electron chi connectivity index (χ3n) is 3.13. The fourth-order valence-corrected chi connectivity index (χ4v) is 2.80. The molecule has 73 valence electrons. The zero-order valence-corrected chi connectivity index (χ0v) is 9.13. The molecule has 0 saturated heterocycles. The Kier molecular flexibility index (Phi) is 2.06. The lowest BCUT2D eigenvalue weighted by Gasteiger charge is -2.08. The van der Waals surface area contributed by atoms with E-state index in [0.29, 0.717) is 5.92 Å². The topological polar surface area (TPSA) is 0 Å². The first-order valence-corrected chi connectivity index (χ1v) is 5.76. The van der Waals surface area contributed by atoms with E-state index in [4.69, 9.17) is 12.6 Å². The summed E-state index contributed by atoms with van der Waals surface area (Å²) in [7, 11) is 0. The maximum Gasteiger partial charge on any atom is 0.0201 e. The Labute approximate surface area is 95.4 Å². The van der Waals surface area contributed by atoms with E-state index < -0.39 is 0 Å². The number of hydrogen-bond acceptors (Lipinski definition) is 0. The number of benzene rings is 2. The van der Waals surface area contributed by atoms with Crippen LogP contribution < -0.4 is 0 Å². The molecule has 15 heavy (non-hydrogen) atoms. The van der Waals surface area contributed by atoms with E-state index in [-0.39, 0.29) is 0 Å². The van der Waals surface area contributed by atoms with Crippen LogP contribution in [0.5, 0.6) is 0 Å². The lowest BCUT2D eigenvalue weighted by molar-refractivity contribution is 0.976. The molecule has 2 aromatic rings.